The van der Waals surface area contributed by atoms with Crippen molar-refractivity contribution in [3.05, 3.63) is 29.8 Å². The zero-order valence-corrected chi connectivity index (χ0v) is 8.06. The molecule has 1 aromatic rings. The van der Waals surface area contributed by atoms with Crippen LogP contribution in [-0.2, 0) is 4.74 Å². The van der Waals surface area contributed by atoms with Crippen LogP contribution in [0.1, 0.15) is 5.56 Å². The Kier molecular flexibility index (Phi) is 2.73. The van der Waals surface area contributed by atoms with E-state index < -0.39 is 0 Å². The van der Waals surface area contributed by atoms with Gasteiger partial charge in [-0.15, -0.1) is 5.11 Å². The molecule has 2 rings (SSSR count). The van der Waals surface area contributed by atoms with Gasteiger partial charge in [0.25, 0.3) is 0 Å². The molecule has 0 unspecified atom stereocenters. The molecular formula is C10H11N3O2. The predicted octanol–water partition coefficient (Wildman–Crippen LogP) is 1.82. The first-order valence-electron chi connectivity index (χ1n) is 4.61. The van der Waals surface area contributed by atoms with Gasteiger partial charge in [0, 0.05) is 0 Å². The quantitative estimate of drug-likeness (QED) is 0.340. The molecule has 1 atom stereocenters. The van der Waals surface area contributed by atoms with Crippen molar-refractivity contribution in [2.24, 2.45) is 5.11 Å². The molecule has 5 heteroatoms. The molecular weight excluding hydrogens is 194 g/mol. The van der Waals surface area contributed by atoms with E-state index in [1.165, 1.54) is 0 Å². The first-order chi connectivity index (χ1) is 7.31. The van der Waals surface area contributed by atoms with Crippen molar-refractivity contribution < 1.29 is 9.47 Å². The summed E-state index contributed by atoms with van der Waals surface area (Å²) in [5, 5.41) is 10.5. The topological polar surface area (TPSA) is 81.8 Å². The number of amidine groups is 1. The van der Waals surface area contributed by atoms with Crippen molar-refractivity contribution in [1.29, 1.82) is 10.9 Å². The Morgan fingerprint density at radius 2 is 2.27 bits per heavy atom. The lowest BCUT2D eigenvalue weighted by molar-refractivity contribution is 0.262. The molecule has 0 aromatic heterocycles. The molecule has 0 saturated carbocycles. The second kappa shape index (κ2) is 4.18. The maximum absolute atomic E-state index is 7.46. The summed E-state index contributed by atoms with van der Waals surface area (Å²) in [5.41, 5.74) is 7.33. The fourth-order valence-electron chi connectivity index (χ4n) is 1.20. The van der Waals surface area contributed by atoms with Gasteiger partial charge in [0.2, 0.25) is 0 Å². The van der Waals surface area contributed by atoms with Crippen LogP contribution in [0.2, 0.25) is 0 Å². The van der Waals surface area contributed by atoms with Gasteiger partial charge in [-0.3, -0.25) is 5.41 Å². The normalized spacial score (nSPS) is 18.3. The number of hydrogen-bond acceptors (Lipinski definition) is 4. The second-order valence-corrected chi connectivity index (χ2v) is 3.22. The molecule has 1 aliphatic rings. The van der Waals surface area contributed by atoms with Gasteiger partial charge in [-0.2, -0.15) is 0 Å². The zero-order valence-electron chi connectivity index (χ0n) is 8.06. The number of para-hydroxylation sites is 1. The van der Waals surface area contributed by atoms with Crippen molar-refractivity contribution in [3.63, 3.8) is 0 Å². The Balaban J connectivity index is 2.12. The monoisotopic (exact) mass is 205 g/mol. The highest BCUT2D eigenvalue weighted by Gasteiger charge is 2.23. The van der Waals surface area contributed by atoms with Crippen LogP contribution >= 0.6 is 0 Å². The highest BCUT2D eigenvalue weighted by Crippen LogP contribution is 2.20. The number of epoxide rings is 1. The Morgan fingerprint density at radius 1 is 1.53 bits per heavy atom. The van der Waals surface area contributed by atoms with E-state index in [1.54, 1.807) is 18.2 Å². The van der Waals surface area contributed by atoms with Gasteiger partial charge in [0.15, 0.2) is 5.84 Å². The Hall–Kier alpha value is -1.75. The molecule has 78 valence electrons. The van der Waals surface area contributed by atoms with Crippen LogP contribution in [0.15, 0.2) is 29.4 Å². The SMILES string of the molecule is N=NC(=N)c1ccccc1OC[C@@H]1CO1. The number of hydrogen-bond donors (Lipinski definition) is 2. The Labute approximate surface area is 87.0 Å². The summed E-state index contributed by atoms with van der Waals surface area (Å²) in [6.07, 6.45) is 0.181. The first-order valence-corrected chi connectivity index (χ1v) is 4.61. The Bertz CT molecular complexity index is 388. The lowest BCUT2D eigenvalue weighted by Crippen LogP contribution is -2.07. The number of nitrogens with zero attached hydrogens (tertiary/aromatic N) is 1. The molecule has 1 heterocycles. The van der Waals surface area contributed by atoms with E-state index in [0.29, 0.717) is 17.9 Å². The third kappa shape index (κ3) is 2.38. The van der Waals surface area contributed by atoms with Crippen molar-refractivity contribution in [2.45, 2.75) is 6.10 Å². The van der Waals surface area contributed by atoms with Gasteiger partial charge in [0.05, 0.1) is 12.2 Å². The van der Waals surface area contributed by atoms with E-state index in [-0.39, 0.29) is 11.9 Å². The average molecular weight is 205 g/mol. The van der Waals surface area contributed by atoms with Gasteiger partial charge in [-0.05, 0) is 12.1 Å². The van der Waals surface area contributed by atoms with Crippen molar-refractivity contribution in [1.82, 2.24) is 0 Å². The second-order valence-electron chi connectivity index (χ2n) is 3.22. The van der Waals surface area contributed by atoms with E-state index in [9.17, 15) is 0 Å². The third-order valence-electron chi connectivity index (χ3n) is 2.08. The number of nitrogens with one attached hydrogen (secondary N) is 2. The predicted molar refractivity (Wildman–Crippen MR) is 53.7 cm³/mol. The maximum atomic E-state index is 7.46. The smallest absolute Gasteiger partial charge is 0.177 e. The fourth-order valence-corrected chi connectivity index (χ4v) is 1.20. The summed E-state index contributed by atoms with van der Waals surface area (Å²) in [6.45, 7) is 1.23. The van der Waals surface area contributed by atoms with Crippen LogP contribution in [0.3, 0.4) is 0 Å². The average Bonchev–Trinajstić information content (AvgIpc) is 3.09. The van der Waals surface area contributed by atoms with E-state index >= 15 is 0 Å². The van der Waals surface area contributed by atoms with Crippen molar-refractivity contribution >= 4 is 5.84 Å². The molecule has 0 aliphatic carbocycles. The summed E-state index contributed by atoms with van der Waals surface area (Å²) in [5.74, 6) is 0.483. The van der Waals surface area contributed by atoms with Crippen molar-refractivity contribution in [2.75, 3.05) is 13.2 Å². The minimum atomic E-state index is -0.0951. The van der Waals surface area contributed by atoms with Gasteiger partial charge < -0.3 is 9.47 Å². The minimum Gasteiger partial charge on any atom is -0.490 e. The third-order valence-corrected chi connectivity index (χ3v) is 2.08. The highest BCUT2D eigenvalue weighted by molar-refractivity contribution is 5.98. The van der Waals surface area contributed by atoms with E-state index in [0.717, 1.165) is 6.61 Å². The summed E-state index contributed by atoms with van der Waals surface area (Å²) in [4.78, 5) is 0. The van der Waals surface area contributed by atoms with Gasteiger partial charge in [-0.1, -0.05) is 12.1 Å². The summed E-state index contributed by atoms with van der Waals surface area (Å²) < 4.78 is 10.5. The van der Waals surface area contributed by atoms with E-state index in [4.69, 9.17) is 20.4 Å². The van der Waals surface area contributed by atoms with Gasteiger partial charge in [-0.25, -0.2) is 5.53 Å². The van der Waals surface area contributed by atoms with Crippen LogP contribution in [0.4, 0.5) is 0 Å². The number of benzene rings is 1. The molecule has 0 spiro atoms. The molecule has 1 fully saturated rings. The summed E-state index contributed by atoms with van der Waals surface area (Å²) in [7, 11) is 0. The molecule has 0 amide bonds. The maximum Gasteiger partial charge on any atom is 0.177 e. The lowest BCUT2D eigenvalue weighted by atomic mass is 10.2. The van der Waals surface area contributed by atoms with Gasteiger partial charge >= 0.3 is 0 Å². The molecule has 15 heavy (non-hydrogen) atoms. The standard InChI is InChI=1S/C10H11N3O2/c11-10(13-12)8-3-1-2-4-9(8)15-6-7-5-14-7/h1-4,7,11-12H,5-6H2/t7-/m0/s1. The molecule has 5 nitrogen and oxygen atoms in total. The van der Waals surface area contributed by atoms with Crippen LogP contribution in [0.25, 0.3) is 0 Å². The van der Waals surface area contributed by atoms with E-state index in [1.807, 2.05) is 6.07 Å². The van der Waals surface area contributed by atoms with Crippen molar-refractivity contribution in [3.8, 4) is 5.75 Å². The minimum absolute atomic E-state index is 0.0951. The number of ether oxygens (including phenoxy) is 2. The summed E-state index contributed by atoms with van der Waals surface area (Å²) >= 11 is 0. The largest absolute Gasteiger partial charge is 0.490 e. The molecule has 0 bridgehead atoms. The van der Waals surface area contributed by atoms with Gasteiger partial charge in [0.1, 0.15) is 18.5 Å². The fraction of sp³-hybridized carbons (Fsp3) is 0.300. The van der Waals surface area contributed by atoms with Crippen LogP contribution < -0.4 is 4.74 Å². The lowest BCUT2D eigenvalue weighted by Gasteiger charge is -2.08. The van der Waals surface area contributed by atoms with Crippen LogP contribution in [0, 0.1) is 10.9 Å². The number of rotatable bonds is 4. The van der Waals surface area contributed by atoms with Crippen LogP contribution in [-0.4, -0.2) is 25.2 Å². The molecule has 2 N–H and O–H groups in total. The first kappa shape index (κ1) is 9.79. The molecule has 0 radical (unpaired) electrons. The Morgan fingerprint density at radius 3 is 2.93 bits per heavy atom. The zero-order chi connectivity index (χ0) is 10.7. The van der Waals surface area contributed by atoms with E-state index in [2.05, 4.69) is 5.11 Å². The molecule has 1 aromatic carbocycles. The molecule has 1 aliphatic heterocycles. The molecule has 1 saturated heterocycles. The summed E-state index contributed by atoms with van der Waals surface area (Å²) in [6, 6.07) is 7.08. The van der Waals surface area contributed by atoms with Crippen LogP contribution in [0.5, 0.6) is 5.75 Å². The highest BCUT2D eigenvalue weighted by atomic mass is 16.6.